The smallest absolute Gasteiger partial charge is 0.469 e. The van der Waals surface area contributed by atoms with Crippen LogP contribution in [0.15, 0.2) is 12.7 Å². The molecule has 0 spiro atoms. The Morgan fingerprint density at radius 2 is 1.15 bits per heavy atom. The van der Waals surface area contributed by atoms with E-state index in [0.29, 0.717) is 0 Å². The van der Waals surface area contributed by atoms with Crippen LogP contribution >= 0.6 is 0 Å². The molecule has 0 aliphatic heterocycles. The van der Waals surface area contributed by atoms with Crippen molar-refractivity contribution in [3.05, 3.63) is 12.7 Å². The van der Waals surface area contributed by atoms with E-state index in [1.807, 2.05) is 0 Å². The normalized spacial score (nSPS) is 10.3. The van der Waals surface area contributed by atoms with Gasteiger partial charge in [-0.1, -0.05) is 6.58 Å². The quantitative estimate of drug-likeness (QED) is 0.384. The standard InChI is InChI=1S/C12H18O7Si/c1-5-9(13)20(10(14)17-6-2,11(15)18-7-3)12(16)19-8-4/h5H,1,6-8H2,2-4H3. The van der Waals surface area contributed by atoms with Crippen molar-refractivity contribution < 1.29 is 33.4 Å². The van der Waals surface area contributed by atoms with Crippen molar-refractivity contribution >= 4 is 30.3 Å². The van der Waals surface area contributed by atoms with Gasteiger partial charge in [0.25, 0.3) is 0 Å². The molecule has 0 atom stereocenters. The van der Waals surface area contributed by atoms with Crippen LogP contribution < -0.4 is 0 Å². The lowest BCUT2D eigenvalue weighted by Gasteiger charge is -2.21. The Labute approximate surface area is 117 Å². The van der Waals surface area contributed by atoms with Crippen LogP contribution in [0.1, 0.15) is 20.8 Å². The van der Waals surface area contributed by atoms with E-state index < -0.39 is 30.3 Å². The highest BCUT2D eigenvalue weighted by Crippen LogP contribution is 2.17. The summed E-state index contributed by atoms with van der Waals surface area (Å²) in [5, 5.41) is -1.01. The van der Waals surface area contributed by atoms with E-state index in [1.54, 1.807) is 0 Å². The van der Waals surface area contributed by atoms with Crippen LogP contribution in [-0.2, 0) is 19.0 Å². The van der Waals surface area contributed by atoms with E-state index in [1.165, 1.54) is 20.8 Å². The molecule has 0 saturated heterocycles. The van der Waals surface area contributed by atoms with Gasteiger partial charge in [-0.25, -0.2) is 0 Å². The summed E-state index contributed by atoms with van der Waals surface area (Å²) in [4.78, 5) is 48.2. The molecule has 0 saturated carbocycles. The molecule has 0 aromatic heterocycles. The Balaban J connectivity index is 5.95. The molecular formula is C12H18O7Si. The lowest BCUT2D eigenvalue weighted by molar-refractivity contribution is -0.108. The number of hydrogen-bond donors (Lipinski definition) is 0. The van der Waals surface area contributed by atoms with Crippen LogP contribution in [0.25, 0.3) is 0 Å². The lowest BCUT2D eigenvalue weighted by atomic mass is 10.7. The van der Waals surface area contributed by atoms with Crippen LogP contribution in [-0.4, -0.2) is 50.1 Å². The van der Waals surface area contributed by atoms with Gasteiger partial charge in [-0.05, 0) is 26.8 Å². The first-order valence-electron chi connectivity index (χ1n) is 6.11. The average Bonchev–Trinajstić information content (AvgIpc) is 2.40. The summed E-state index contributed by atoms with van der Waals surface area (Å²) in [5.74, 6) is 0. The summed E-state index contributed by atoms with van der Waals surface area (Å²) in [6.45, 7) is 7.43. The molecule has 7 nitrogen and oxygen atoms in total. The molecular weight excluding hydrogens is 284 g/mol. The second-order valence-electron chi connectivity index (χ2n) is 3.48. The largest absolute Gasteiger partial charge is 0.501 e. The highest BCUT2D eigenvalue weighted by atomic mass is 28.3. The molecule has 0 heterocycles. The molecule has 112 valence electrons. The van der Waals surface area contributed by atoms with Gasteiger partial charge >= 0.3 is 24.9 Å². The van der Waals surface area contributed by atoms with Gasteiger partial charge in [0.15, 0.2) is 5.41 Å². The second-order valence-corrected chi connectivity index (χ2v) is 6.70. The summed E-state index contributed by atoms with van der Waals surface area (Å²) < 4.78 is 14.2. The maximum atomic E-state index is 12.1. The van der Waals surface area contributed by atoms with Crippen LogP contribution in [0.3, 0.4) is 0 Å². The zero-order chi connectivity index (χ0) is 15.8. The van der Waals surface area contributed by atoms with Crippen molar-refractivity contribution in [1.29, 1.82) is 0 Å². The zero-order valence-corrected chi connectivity index (χ0v) is 12.8. The fourth-order valence-corrected chi connectivity index (χ4v) is 3.92. The lowest BCUT2D eigenvalue weighted by Crippen LogP contribution is -2.65. The summed E-state index contributed by atoms with van der Waals surface area (Å²) in [6.07, 6.45) is 0.747. The van der Waals surface area contributed by atoms with Gasteiger partial charge in [0.1, 0.15) is 0 Å². The SMILES string of the molecule is C=CC(=O)[Si](C(=O)OCC)(C(=O)OCC)C(=O)OCC. The fourth-order valence-electron chi connectivity index (χ4n) is 1.42. The first-order valence-corrected chi connectivity index (χ1v) is 8.11. The molecule has 0 amide bonds. The van der Waals surface area contributed by atoms with Crippen molar-refractivity contribution in [2.24, 2.45) is 0 Å². The molecule has 0 fully saturated rings. The molecule has 0 aliphatic rings. The van der Waals surface area contributed by atoms with Gasteiger partial charge in [0, 0.05) is 0 Å². The second kappa shape index (κ2) is 8.26. The topological polar surface area (TPSA) is 96.0 Å². The van der Waals surface area contributed by atoms with E-state index in [0.717, 1.165) is 6.08 Å². The first-order chi connectivity index (χ1) is 9.43. The molecule has 0 N–H and O–H groups in total. The van der Waals surface area contributed by atoms with E-state index in [-0.39, 0.29) is 19.8 Å². The molecule has 0 unspecified atom stereocenters. The fraction of sp³-hybridized carbons (Fsp3) is 0.500. The van der Waals surface area contributed by atoms with Gasteiger partial charge < -0.3 is 14.2 Å². The van der Waals surface area contributed by atoms with Crippen LogP contribution in [0, 0.1) is 0 Å². The minimum atomic E-state index is -4.61. The van der Waals surface area contributed by atoms with Crippen molar-refractivity contribution in [1.82, 2.24) is 0 Å². The maximum Gasteiger partial charge on any atom is 0.501 e. The van der Waals surface area contributed by atoms with Gasteiger partial charge in [-0.15, -0.1) is 0 Å². The molecule has 0 aromatic rings. The number of rotatable bonds is 8. The number of ether oxygens (including phenoxy) is 3. The highest BCUT2D eigenvalue weighted by Gasteiger charge is 2.68. The third-order valence-corrected chi connectivity index (χ3v) is 5.51. The van der Waals surface area contributed by atoms with Crippen molar-refractivity contribution in [2.45, 2.75) is 20.8 Å². The Bertz CT molecular complexity index is 370. The molecule has 0 bridgehead atoms. The van der Waals surface area contributed by atoms with E-state index in [2.05, 4.69) is 6.58 Å². The van der Waals surface area contributed by atoms with Gasteiger partial charge in [-0.2, -0.15) is 0 Å². The summed E-state index contributed by atoms with van der Waals surface area (Å²) in [7, 11) is -4.61. The minimum Gasteiger partial charge on any atom is -0.469 e. The third-order valence-electron chi connectivity index (χ3n) is 2.30. The van der Waals surface area contributed by atoms with Crippen molar-refractivity contribution in [3.63, 3.8) is 0 Å². The Kier molecular flexibility index (Phi) is 7.45. The monoisotopic (exact) mass is 302 g/mol. The third kappa shape index (κ3) is 3.32. The average molecular weight is 302 g/mol. The minimum absolute atomic E-state index is 0.0865. The van der Waals surface area contributed by atoms with Crippen LogP contribution in [0.2, 0.25) is 0 Å². The number of carbonyl (C=O) groups excluding carboxylic acids is 4. The van der Waals surface area contributed by atoms with Crippen molar-refractivity contribution in [2.75, 3.05) is 19.8 Å². The maximum absolute atomic E-state index is 12.1. The molecule has 0 aliphatic carbocycles. The number of carbonyl (C=O) groups is 4. The molecule has 20 heavy (non-hydrogen) atoms. The van der Waals surface area contributed by atoms with E-state index >= 15 is 0 Å². The molecule has 0 radical (unpaired) electrons. The molecule has 0 aromatic carbocycles. The van der Waals surface area contributed by atoms with Gasteiger partial charge in [-0.3, -0.25) is 19.2 Å². The first kappa shape index (κ1) is 18.0. The Morgan fingerprint density at radius 3 is 1.35 bits per heavy atom. The highest BCUT2D eigenvalue weighted by molar-refractivity contribution is 7.53. The van der Waals surface area contributed by atoms with Gasteiger partial charge in [0.2, 0.25) is 0 Å². The summed E-state index contributed by atoms with van der Waals surface area (Å²) in [6, 6.07) is 0. The Hall–Kier alpha value is -1.96. The zero-order valence-electron chi connectivity index (χ0n) is 11.8. The molecule has 0 rings (SSSR count). The van der Waals surface area contributed by atoms with Gasteiger partial charge in [0.05, 0.1) is 19.8 Å². The number of allylic oxidation sites excluding steroid dienone is 1. The molecule has 8 heteroatoms. The van der Waals surface area contributed by atoms with Crippen LogP contribution in [0.4, 0.5) is 14.4 Å². The summed E-state index contributed by atoms with van der Waals surface area (Å²) >= 11 is 0. The Morgan fingerprint density at radius 1 is 0.850 bits per heavy atom. The van der Waals surface area contributed by atoms with Crippen LogP contribution in [0.5, 0.6) is 0 Å². The van der Waals surface area contributed by atoms with E-state index in [4.69, 9.17) is 14.2 Å². The predicted octanol–water partition coefficient (Wildman–Crippen LogP) is 1.94. The van der Waals surface area contributed by atoms with E-state index in [9.17, 15) is 19.2 Å². The predicted molar refractivity (Wildman–Crippen MR) is 72.0 cm³/mol. The summed E-state index contributed by atoms with van der Waals surface area (Å²) in [5.41, 5.74) is -3.58. The van der Waals surface area contributed by atoms with Crippen molar-refractivity contribution in [3.8, 4) is 0 Å². The number of hydrogen-bond acceptors (Lipinski definition) is 7.